The average molecular weight is 387 g/mol. The van der Waals surface area contributed by atoms with Gasteiger partial charge in [-0.05, 0) is 42.3 Å². The summed E-state index contributed by atoms with van der Waals surface area (Å²) < 4.78 is 5.35. The van der Waals surface area contributed by atoms with Crippen LogP contribution in [-0.2, 0) is 6.42 Å². The lowest BCUT2D eigenvalue weighted by molar-refractivity contribution is 0.415. The minimum Gasteiger partial charge on any atom is -0.497 e. The highest BCUT2D eigenvalue weighted by atomic mass is 32.1. The molecule has 146 valence electrons. The molecule has 1 N–H and O–H groups in total. The van der Waals surface area contributed by atoms with Crippen LogP contribution in [0.5, 0.6) is 5.75 Å². The van der Waals surface area contributed by atoms with Crippen LogP contribution in [0.15, 0.2) is 46.8 Å². The van der Waals surface area contributed by atoms with E-state index in [0.717, 1.165) is 44.3 Å². The molecule has 27 heavy (non-hydrogen) atoms. The van der Waals surface area contributed by atoms with E-state index in [9.17, 15) is 0 Å². The molecule has 1 aromatic heterocycles. The Hall–Kier alpha value is -2.21. The summed E-state index contributed by atoms with van der Waals surface area (Å²) in [6.45, 7) is 4.08. The SMILES string of the molecule is CN=C(NCC1CCN(c2cccc(OC)c2)C1)N(C)CCc1cccs1. The zero-order valence-electron chi connectivity index (χ0n) is 16.5. The van der Waals surface area contributed by atoms with Gasteiger partial charge >= 0.3 is 0 Å². The number of thiophene rings is 1. The van der Waals surface area contributed by atoms with Gasteiger partial charge in [-0.25, -0.2) is 0 Å². The molecule has 1 unspecified atom stereocenters. The predicted molar refractivity (Wildman–Crippen MR) is 115 cm³/mol. The van der Waals surface area contributed by atoms with Crippen molar-refractivity contribution < 1.29 is 4.74 Å². The predicted octanol–water partition coefficient (Wildman–Crippen LogP) is 3.33. The van der Waals surface area contributed by atoms with E-state index in [4.69, 9.17) is 4.74 Å². The van der Waals surface area contributed by atoms with E-state index in [-0.39, 0.29) is 0 Å². The fourth-order valence-corrected chi connectivity index (χ4v) is 4.20. The van der Waals surface area contributed by atoms with Crippen molar-refractivity contribution in [3.8, 4) is 5.75 Å². The molecular formula is C21H30N4OS. The second-order valence-electron chi connectivity index (χ2n) is 6.98. The second-order valence-corrected chi connectivity index (χ2v) is 8.01. The van der Waals surface area contributed by atoms with E-state index in [1.54, 1.807) is 7.11 Å². The highest BCUT2D eigenvalue weighted by Crippen LogP contribution is 2.26. The molecule has 3 rings (SSSR count). The van der Waals surface area contributed by atoms with Gasteiger partial charge < -0.3 is 19.9 Å². The van der Waals surface area contributed by atoms with Crippen LogP contribution in [0.4, 0.5) is 5.69 Å². The second kappa shape index (κ2) is 9.65. The quantitative estimate of drug-likeness (QED) is 0.585. The van der Waals surface area contributed by atoms with Crippen LogP contribution in [-0.4, -0.2) is 58.2 Å². The van der Waals surface area contributed by atoms with E-state index < -0.39 is 0 Å². The van der Waals surface area contributed by atoms with Gasteiger partial charge in [-0.15, -0.1) is 11.3 Å². The maximum absolute atomic E-state index is 5.35. The third-order valence-electron chi connectivity index (χ3n) is 5.10. The Labute approximate surface area is 166 Å². The lowest BCUT2D eigenvalue weighted by atomic mass is 10.1. The van der Waals surface area contributed by atoms with Crippen LogP contribution >= 0.6 is 11.3 Å². The van der Waals surface area contributed by atoms with Crippen molar-refractivity contribution in [1.29, 1.82) is 0 Å². The first kappa shape index (κ1) is 19.5. The molecule has 0 radical (unpaired) electrons. The molecule has 5 nitrogen and oxygen atoms in total. The third kappa shape index (κ3) is 5.39. The fraction of sp³-hybridized carbons (Fsp3) is 0.476. The number of hydrogen-bond acceptors (Lipinski definition) is 4. The minimum absolute atomic E-state index is 0.624. The van der Waals surface area contributed by atoms with Crippen molar-refractivity contribution in [2.45, 2.75) is 12.8 Å². The van der Waals surface area contributed by atoms with Gasteiger partial charge in [0.25, 0.3) is 0 Å². The van der Waals surface area contributed by atoms with Crippen LogP contribution in [0.25, 0.3) is 0 Å². The number of ether oxygens (including phenoxy) is 1. The summed E-state index contributed by atoms with van der Waals surface area (Å²) in [5, 5.41) is 5.70. The van der Waals surface area contributed by atoms with Crippen LogP contribution < -0.4 is 15.0 Å². The van der Waals surface area contributed by atoms with Gasteiger partial charge in [0, 0.05) is 56.9 Å². The summed E-state index contributed by atoms with van der Waals surface area (Å²) in [4.78, 5) is 10.5. The highest BCUT2D eigenvalue weighted by molar-refractivity contribution is 7.09. The van der Waals surface area contributed by atoms with Crippen LogP contribution in [0.3, 0.4) is 0 Å². The van der Waals surface area contributed by atoms with Gasteiger partial charge in [-0.2, -0.15) is 0 Å². The first-order valence-corrected chi connectivity index (χ1v) is 10.4. The molecule has 0 amide bonds. The molecule has 1 fully saturated rings. The summed E-state index contributed by atoms with van der Waals surface area (Å²) >= 11 is 1.82. The molecule has 1 aromatic carbocycles. The van der Waals surface area contributed by atoms with Crippen molar-refractivity contribution in [3.63, 3.8) is 0 Å². The summed E-state index contributed by atoms with van der Waals surface area (Å²) in [6, 6.07) is 12.6. The number of methoxy groups -OCH3 is 1. The first-order chi connectivity index (χ1) is 13.2. The van der Waals surface area contributed by atoms with Crippen LogP contribution in [0, 0.1) is 5.92 Å². The zero-order chi connectivity index (χ0) is 19.1. The molecule has 1 aliphatic heterocycles. The van der Waals surface area contributed by atoms with Gasteiger partial charge in [-0.3, -0.25) is 4.99 Å². The maximum atomic E-state index is 5.35. The Kier molecular flexibility index (Phi) is 6.98. The normalized spacial score (nSPS) is 17.2. The Bertz CT molecular complexity index is 732. The van der Waals surface area contributed by atoms with Gasteiger partial charge in [-0.1, -0.05) is 12.1 Å². The Morgan fingerprint density at radius 1 is 1.37 bits per heavy atom. The summed E-state index contributed by atoms with van der Waals surface area (Å²) in [7, 11) is 5.69. The largest absolute Gasteiger partial charge is 0.497 e. The number of nitrogens with zero attached hydrogens (tertiary/aromatic N) is 3. The van der Waals surface area contributed by atoms with Crippen LogP contribution in [0.2, 0.25) is 0 Å². The molecule has 6 heteroatoms. The number of nitrogens with one attached hydrogen (secondary N) is 1. The Balaban J connectivity index is 1.46. The zero-order valence-corrected chi connectivity index (χ0v) is 17.3. The fourth-order valence-electron chi connectivity index (χ4n) is 3.50. The van der Waals surface area contributed by atoms with Crippen molar-refractivity contribution in [2.75, 3.05) is 52.3 Å². The molecule has 1 aliphatic rings. The van der Waals surface area contributed by atoms with E-state index in [2.05, 4.69) is 62.9 Å². The summed E-state index contributed by atoms with van der Waals surface area (Å²) in [5.41, 5.74) is 1.24. The number of guanidine groups is 1. The van der Waals surface area contributed by atoms with Crippen molar-refractivity contribution >= 4 is 23.0 Å². The van der Waals surface area contributed by atoms with Gasteiger partial charge in [0.2, 0.25) is 0 Å². The lowest BCUT2D eigenvalue weighted by Crippen LogP contribution is -2.42. The molecule has 2 heterocycles. The monoisotopic (exact) mass is 386 g/mol. The Morgan fingerprint density at radius 3 is 3.00 bits per heavy atom. The molecule has 0 saturated carbocycles. The van der Waals surface area contributed by atoms with Gasteiger partial charge in [0.15, 0.2) is 5.96 Å². The standard InChI is InChI=1S/C21H30N4OS/c1-22-21(24(2)11-10-20-8-5-13-27-20)23-15-17-9-12-25(16-17)18-6-4-7-19(14-18)26-3/h4-8,13-14,17H,9-12,15-16H2,1-3H3,(H,22,23). The lowest BCUT2D eigenvalue weighted by Gasteiger charge is -2.24. The maximum Gasteiger partial charge on any atom is 0.193 e. The van der Waals surface area contributed by atoms with Crippen molar-refractivity contribution in [2.24, 2.45) is 10.9 Å². The first-order valence-electron chi connectivity index (χ1n) is 9.52. The minimum atomic E-state index is 0.624. The molecule has 2 aromatic rings. The molecule has 0 bridgehead atoms. The van der Waals surface area contributed by atoms with E-state index in [1.807, 2.05) is 24.5 Å². The number of likely N-dealkylation sites (N-methyl/N-ethyl adjacent to an activating group) is 1. The summed E-state index contributed by atoms with van der Waals surface area (Å²) in [5.74, 6) is 2.52. The van der Waals surface area contributed by atoms with E-state index >= 15 is 0 Å². The highest BCUT2D eigenvalue weighted by Gasteiger charge is 2.23. The molecule has 0 spiro atoms. The number of benzene rings is 1. The third-order valence-corrected chi connectivity index (χ3v) is 6.04. The molecule has 0 aliphatic carbocycles. The molecule has 1 saturated heterocycles. The number of aliphatic imine (C=N–C) groups is 1. The molecular weight excluding hydrogens is 356 g/mol. The van der Waals surface area contributed by atoms with Gasteiger partial charge in [0.05, 0.1) is 7.11 Å². The van der Waals surface area contributed by atoms with Crippen molar-refractivity contribution in [3.05, 3.63) is 46.7 Å². The number of hydrogen-bond donors (Lipinski definition) is 1. The average Bonchev–Trinajstić information content (AvgIpc) is 3.39. The smallest absolute Gasteiger partial charge is 0.193 e. The Morgan fingerprint density at radius 2 is 2.26 bits per heavy atom. The molecule has 1 atom stereocenters. The van der Waals surface area contributed by atoms with E-state index in [1.165, 1.54) is 17.0 Å². The van der Waals surface area contributed by atoms with E-state index in [0.29, 0.717) is 5.92 Å². The number of rotatable bonds is 7. The van der Waals surface area contributed by atoms with Crippen LogP contribution in [0.1, 0.15) is 11.3 Å². The van der Waals surface area contributed by atoms with Crippen molar-refractivity contribution in [1.82, 2.24) is 10.2 Å². The summed E-state index contributed by atoms with van der Waals surface area (Å²) in [6.07, 6.45) is 2.25. The van der Waals surface area contributed by atoms with Gasteiger partial charge in [0.1, 0.15) is 5.75 Å². The number of anilines is 1. The topological polar surface area (TPSA) is 40.1 Å².